The van der Waals surface area contributed by atoms with Gasteiger partial charge in [-0.1, -0.05) is 64.5 Å². The van der Waals surface area contributed by atoms with Crippen LogP contribution in [0.1, 0.15) is 116 Å². The van der Waals surface area contributed by atoms with Gasteiger partial charge in [0, 0.05) is 12.5 Å². The average molecular weight is 721 g/mol. The summed E-state index contributed by atoms with van der Waals surface area (Å²) < 4.78 is 34.0. The second kappa shape index (κ2) is 19.4. The summed E-state index contributed by atoms with van der Waals surface area (Å²) in [4.78, 5) is 26.1. The van der Waals surface area contributed by atoms with Crippen LogP contribution in [0, 0.1) is 0 Å². The lowest BCUT2D eigenvalue weighted by Gasteiger charge is -2.13. The number of rotatable bonds is 22. The maximum Gasteiger partial charge on any atom is 0.343 e. The largest absolute Gasteiger partial charge is 0.494 e. The third-order valence-corrected chi connectivity index (χ3v) is 9.77. The van der Waals surface area contributed by atoms with E-state index in [-0.39, 0.29) is 5.92 Å². The smallest absolute Gasteiger partial charge is 0.343 e. The Kier molecular flexibility index (Phi) is 14.0. The van der Waals surface area contributed by atoms with Gasteiger partial charge in [-0.25, -0.2) is 9.59 Å². The molecule has 2 aliphatic rings. The van der Waals surface area contributed by atoms with Crippen molar-refractivity contribution in [3.05, 3.63) is 107 Å². The maximum absolute atomic E-state index is 13.1. The molecule has 8 nitrogen and oxygen atoms in total. The number of benzene rings is 4. The van der Waals surface area contributed by atoms with Gasteiger partial charge in [-0.05, 0) is 121 Å². The van der Waals surface area contributed by atoms with Crippen LogP contribution in [-0.4, -0.2) is 51.1 Å². The van der Waals surface area contributed by atoms with Crippen LogP contribution >= 0.6 is 0 Å². The van der Waals surface area contributed by atoms with Crippen LogP contribution in [0.5, 0.6) is 23.0 Å². The van der Waals surface area contributed by atoms with E-state index in [4.69, 9.17) is 28.4 Å². The van der Waals surface area contributed by atoms with Gasteiger partial charge in [0.15, 0.2) is 0 Å². The standard InChI is InChI=1S/C45H52O8/c1-3-5-6-7-8-9-10-26-49-34-17-13-32(14-18-34)44(46)52-36-21-23-40-41-24-22-37(29-43(41)39(4-2)42(40)28-36)53-45(47)33-15-19-35(20-16-33)50-27-12-11-25-48-30-38-31-51-38/h13-24,28-29,38-39H,3-12,25-27,30-31H2,1-2H3. The van der Waals surface area contributed by atoms with Crippen LogP contribution in [0.15, 0.2) is 84.9 Å². The van der Waals surface area contributed by atoms with Crippen molar-refractivity contribution in [1.82, 2.24) is 0 Å². The van der Waals surface area contributed by atoms with Gasteiger partial charge in [0.2, 0.25) is 0 Å². The summed E-state index contributed by atoms with van der Waals surface area (Å²) in [6.45, 7) is 7.79. The molecule has 0 bridgehead atoms. The van der Waals surface area contributed by atoms with Crippen molar-refractivity contribution in [3.8, 4) is 34.1 Å². The maximum atomic E-state index is 13.1. The minimum atomic E-state index is -0.432. The first-order valence-corrected chi connectivity index (χ1v) is 19.4. The van der Waals surface area contributed by atoms with Crippen molar-refractivity contribution in [3.63, 3.8) is 0 Å². The molecule has 53 heavy (non-hydrogen) atoms. The number of hydrogen-bond acceptors (Lipinski definition) is 8. The molecule has 0 spiro atoms. The zero-order valence-electron chi connectivity index (χ0n) is 31.1. The van der Waals surface area contributed by atoms with E-state index in [1.54, 1.807) is 36.4 Å². The number of ether oxygens (including phenoxy) is 6. The first-order chi connectivity index (χ1) is 26.0. The van der Waals surface area contributed by atoms with Gasteiger partial charge in [0.25, 0.3) is 0 Å². The molecule has 0 saturated carbocycles. The molecule has 0 aromatic heterocycles. The van der Waals surface area contributed by atoms with Crippen molar-refractivity contribution < 1.29 is 38.0 Å². The Morgan fingerprint density at radius 2 is 1.04 bits per heavy atom. The molecule has 8 heteroatoms. The Bertz CT molecular complexity index is 1780. The van der Waals surface area contributed by atoms with Crippen molar-refractivity contribution in [1.29, 1.82) is 0 Å². The number of carbonyl (C=O) groups is 2. The zero-order chi connectivity index (χ0) is 36.8. The molecule has 4 aromatic carbocycles. The molecule has 1 aliphatic heterocycles. The molecule has 280 valence electrons. The van der Waals surface area contributed by atoms with Crippen LogP contribution in [0.25, 0.3) is 11.1 Å². The highest BCUT2D eigenvalue weighted by Gasteiger charge is 2.29. The van der Waals surface area contributed by atoms with Crippen LogP contribution in [0.3, 0.4) is 0 Å². The number of hydrogen-bond donors (Lipinski definition) is 0. The quantitative estimate of drug-likeness (QED) is 0.0343. The van der Waals surface area contributed by atoms with E-state index < -0.39 is 11.9 Å². The van der Waals surface area contributed by atoms with E-state index in [1.807, 2.05) is 48.5 Å². The predicted molar refractivity (Wildman–Crippen MR) is 206 cm³/mol. The molecule has 1 heterocycles. The molecule has 6 rings (SSSR count). The van der Waals surface area contributed by atoms with Crippen molar-refractivity contribution >= 4 is 11.9 Å². The first-order valence-electron chi connectivity index (χ1n) is 19.4. The molecule has 1 fully saturated rings. The van der Waals surface area contributed by atoms with E-state index in [0.29, 0.717) is 60.9 Å². The van der Waals surface area contributed by atoms with Crippen molar-refractivity contribution in [2.75, 3.05) is 33.0 Å². The molecule has 1 saturated heterocycles. The van der Waals surface area contributed by atoms with E-state index in [2.05, 4.69) is 13.8 Å². The predicted octanol–water partition coefficient (Wildman–Crippen LogP) is 10.4. The number of esters is 2. The lowest BCUT2D eigenvalue weighted by Crippen LogP contribution is -2.09. The zero-order valence-corrected chi connectivity index (χ0v) is 31.1. The van der Waals surface area contributed by atoms with Crippen LogP contribution in [0.4, 0.5) is 0 Å². The van der Waals surface area contributed by atoms with E-state index >= 15 is 0 Å². The van der Waals surface area contributed by atoms with Gasteiger partial charge in [0.05, 0.1) is 37.6 Å². The topological polar surface area (TPSA) is 92.8 Å². The van der Waals surface area contributed by atoms with Gasteiger partial charge < -0.3 is 28.4 Å². The first kappa shape index (κ1) is 38.1. The Morgan fingerprint density at radius 1 is 0.585 bits per heavy atom. The normalized spacial score (nSPS) is 15.4. The van der Waals surface area contributed by atoms with E-state index in [1.165, 1.54) is 38.5 Å². The summed E-state index contributed by atoms with van der Waals surface area (Å²) in [7, 11) is 0. The molecular weight excluding hydrogens is 668 g/mol. The highest BCUT2D eigenvalue weighted by Crippen LogP contribution is 2.48. The molecule has 0 radical (unpaired) electrons. The third kappa shape index (κ3) is 10.9. The van der Waals surface area contributed by atoms with Gasteiger partial charge in [-0.3, -0.25) is 0 Å². The van der Waals surface area contributed by atoms with E-state index in [9.17, 15) is 9.59 Å². The Labute approximate surface area is 313 Å². The highest BCUT2D eigenvalue weighted by molar-refractivity contribution is 5.92. The van der Waals surface area contributed by atoms with Crippen LogP contribution in [-0.2, 0) is 9.47 Å². The lowest BCUT2D eigenvalue weighted by molar-refractivity contribution is 0.0725. The second-order valence-corrected chi connectivity index (χ2v) is 13.8. The average Bonchev–Trinajstić information content (AvgIpc) is 3.96. The molecule has 0 amide bonds. The monoisotopic (exact) mass is 720 g/mol. The Balaban J connectivity index is 0.977. The minimum absolute atomic E-state index is 0.0697. The molecule has 4 aromatic rings. The molecule has 2 atom stereocenters. The van der Waals surface area contributed by atoms with Gasteiger partial charge in [0.1, 0.15) is 29.1 Å². The minimum Gasteiger partial charge on any atom is -0.494 e. The molecule has 2 unspecified atom stereocenters. The fraction of sp³-hybridized carbons (Fsp3) is 0.422. The fourth-order valence-electron chi connectivity index (χ4n) is 6.71. The van der Waals surface area contributed by atoms with Gasteiger partial charge >= 0.3 is 11.9 Å². The van der Waals surface area contributed by atoms with Crippen LogP contribution in [0.2, 0.25) is 0 Å². The van der Waals surface area contributed by atoms with Gasteiger partial charge in [-0.15, -0.1) is 0 Å². The second-order valence-electron chi connectivity index (χ2n) is 13.8. The third-order valence-electron chi connectivity index (χ3n) is 9.77. The molecule has 0 N–H and O–H groups in total. The summed E-state index contributed by atoms with van der Waals surface area (Å²) in [6.07, 6.45) is 11.6. The Hall–Kier alpha value is -4.66. The molecule has 1 aliphatic carbocycles. The fourth-order valence-corrected chi connectivity index (χ4v) is 6.71. The van der Waals surface area contributed by atoms with Crippen LogP contribution < -0.4 is 18.9 Å². The van der Waals surface area contributed by atoms with Crippen molar-refractivity contribution in [2.45, 2.75) is 90.1 Å². The van der Waals surface area contributed by atoms with E-state index in [0.717, 1.165) is 60.3 Å². The van der Waals surface area contributed by atoms with Gasteiger partial charge in [-0.2, -0.15) is 0 Å². The highest BCUT2D eigenvalue weighted by atomic mass is 16.6. The summed E-state index contributed by atoms with van der Waals surface area (Å²) in [5.74, 6) is 1.66. The summed E-state index contributed by atoms with van der Waals surface area (Å²) >= 11 is 0. The number of epoxide rings is 1. The number of unbranched alkanes of at least 4 members (excludes halogenated alkanes) is 7. The van der Waals surface area contributed by atoms with Crippen molar-refractivity contribution in [2.24, 2.45) is 0 Å². The summed E-state index contributed by atoms with van der Waals surface area (Å²) in [5, 5.41) is 0. The summed E-state index contributed by atoms with van der Waals surface area (Å²) in [5.41, 5.74) is 5.25. The molecular formula is C45H52O8. The lowest BCUT2D eigenvalue weighted by atomic mass is 9.94. The SMILES string of the molecule is CCCCCCCCCOc1ccc(C(=O)Oc2ccc3c(c2)C(CC)c2cc(OC(=O)c4ccc(OCCCCOCC5CO5)cc4)ccc2-3)cc1. The Morgan fingerprint density at radius 3 is 1.53 bits per heavy atom. The number of fused-ring (bicyclic) bond motifs is 3. The number of carbonyl (C=O) groups excluding carboxylic acids is 2. The summed E-state index contributed by atoms with van der Waals surface area (Å²) in [6, 6.07) is 25.7.